The van der Waals surface area contributed by atoms with E-state index in [1.165, 1.54) is 12.8 Å². The maximum Gasteiger partial charge on any atom is 0.242 e. The Kier molecular flexibility index (Phi) is 2.27. The molecular weight excluding hydrogens is 180 g/mol. The van der Waals surface area contributed by atoms with Gasteiger partial charge < -0.3 is 15.8 Å². The second-order valence-electron chi connectivity index (χ2n) is 4.95. The van der Waals surface area contributed by atoms with E-state index in [9.17, 15) is 4.79 Å². The van der Waals surface area contributed by atoms with Crippen molar-refractivity contribution >= 4 is 5.91 Å². The summed E-state index contributed by atoms with van der Waals surface area (Å²) in [4.78, 5) is 11.7. The largest absolute Gasteiger partial charge is 0.379 e. The summed E-state index contributed by atoms with van der Waals surface area (Å²) in [5, 5.41) is 2.92. The van der Waals surface area contributed by atoms with E-state index in [0.717, 1.165) is 6.54 Å². The van der Waals surface area contributed by atoms with Gasteiger partial charge >= 0.3 is 0 Å². The molecule has 1 aliphatic carbocycles. The molecule has 4 nitrogen and oxygen atoms in total. The molecule has 1 saturated heterocycles. The van der Waals surface area contributed by atoms with Crippen molar-refractivity contribution in [2.75, 3.05) is 19.8 Å². The van der Waals surface area contributed by atoms with Crippen molar-refractivity contribution in [2.45, 2.75) is 31.7 Å². The molecule has 80 valence electrons. The van der Waals surface area contributed by atoms with Crippen LogP contribution in [-0.2, 0) is 9.53 Å². The van der Waals surface area contributed by atoms with Crippen LogP contribution in [0.2, 0.25) is 0 Å². The molecule has 1 aliphatic heterocycles. The number of carbonyl (C=O) groups is 1. The number of nitrogens with two attached hydrogens (primary N) is 1. The van der Waals surface area contributed by atoms with E-state index in [0.29, 0.717) is 25.0 Å². The molecule has 0 aromatic carbocycles. The first-order valence-corrected chi connectivity index (χ1v) is 5.19. The van der Waals surface area contributed by atoms with Gasteiger partial charge in [0.25, 0.3) is 0 Å². The summed E-state index contributed by atoms with van der Waals surface area (Å²) in [6.45, 7) is 3.89. The van der Waals surface area contributed by atoms with Crippen molar-refractivity contribution in [3.8, 4) is 0 Å². The maximum absolute atomic E-state index is 11.7. The Hall–Kier alpha value is -0.610. The van der Waals surface area contributed by atoms with Gasteiger partial charge in [-0.3, -0.25) is 4.79 Å². The summed E-state index contributed by atoms with van der Waals surface area (Å²) in [6.07, 6.45) is 3.05. The molecule has 0 aromatic rings. The number of carbonyl (C=O) groups excluding carboxylic acids is 1. The Morgan fingerprint density at radius 1 is 1.50 bits per heavy atom. The minimum Gasteiger partial charge on any atom is -0.379 e. The van der Waals surface area contributed by atoms with E-state index in [2.05, 4.69) is 12.2 Å². The summed E-state index contributed by atoms with van der Waals surface area (Å²) < 4.78 is 5.14. The van der Waals surface area contributed by atoms with Crippen LogP contribution in [0.25, 0.3) is 0 Å². The van der Waals surface area contributed by atoms with E-state index in [1.807, 2.05) is 0 Å². The number of rotatable bonds is 3. The van der Waals surface area contributed by atoms with Gasteiger partial charge in [0.2, 0.25) is 5.91 Å². The Morgan fingerprint density at radius 3 is 2.71 bits per heavy atom. The quantitative estimate of drug-likeness (QED) is 0.672. The number of ether oxygens (including phenoxy) is 1. The SMILES string of the molecule is CC1(CNC(=O)C2(N)CCOC2)CC1. The average Bonchev–Trinajstić information content (AvgIpc) is 2.71. The molecule has 0 aromatic heterocycles. The van der Waals surface area contributed by atoms with Crippen molar-refractivity contribution in [3.05, 3.63) is 0 Å². The second-order valence-corrected chi connectivity index (χ2v) is 4.95. The number of nitrogens with one attached hydrogen (secondary N) is 1. The zero-order valence-corrected chi connectivity index (χ0v) is 8.64. The highest BCUT2D eigenvalue weighted by Gasteiger charge is 2.41. The highest BCUT2D eigenvalue weighted by molar-refractivity contribution is 5.86. The summed E-state index contributed by atoms with van der Waals surface area (Å²) in [5.41, 5.74) is 5.48. The average molecular weight is 198 g/mol. The summed E-state index contributed by atoms with van der Waals surface area (Å²) >= 11 is 0. The fourth-order valence-electron chi connectivity index (χ4n) is 1.62. The lowest BCUT2D eigenvalue weighted by Crippen LogP contribution is -2.55. The molecule has 1 unspecified atom stereocenters. The minimum absolute atomic E-state index is 0.0527. The van der Waals surface area contributed by atoms with Crippen LogP contribution in [0.4, 0.5) is 0 Å². The second kappa shape index (κ2) is 3.21. The molecule has 1 heterocycles. The Labute approximate surface area is 84.2 Å². The van der Waals surface area contributed by atoms with Crippen molar-refractivity contribution in [3.63, 3.8) is 0 Å². The van der Waals surface area contributed by atoms with Crippen LogP contribution in [0.15, 0.2) is 0 Å². The molecule has 0 bridgehead atoms. The lowest BCUT2D eigenvalue weighted by Gasteiger charge is -2.21. The van der Waals surface area contributed by atoms with Gasteiger partial charge in [-0.05, 0) is 24.7 Å². The van der Waals surface area contributed by atoms with Gasteiger partial charge in [0.05, 0.1) is 6.61 Å². The molecule has 0 spiro atoms. The normalized spacial score (nSPS) is 34.1. The van der Waals surface area contributed by atoms with Crippen LogP contribution in [0.3, 0.4) is 0 Å². The lowest BCUT2D eigenvalue weighted by molar-refractivity contribution is -0.126. The highest BCUT2D eigenvalue weighted by Crippen LogP contribution is 2.44. The Morgan fingerprint density at radius 2 is 2.21 bits per heavy atom. The molecular formula is C10H18N2O2. The van der Waals surface area contributed by atoms with Gasteiger partial charge in [-0.1, -0.05) is 6.92 Å². The first kappa shape index (κ1) is 9.93. The van der Waals surface area contributed by atoms with E-state index < -0.39 is 5.54 Å². The smallest absolute Gasteiger partial charge is 0.242 e. The van der Waals surface area contributed by atoms with E-state index in [1.54, 1.807) is 0 Å². The zero-order valence-electron chi connectivity index (χ0n) is 8.64. The van der Waals surface area contributed by atoms with Crippen LogP contribution < -0.4 is 11.1 Å². The molecule has 1 saturated carbocycles. The molecule has 3 N–H and O–H groups in total. The predicted octanol–water partition coefficient (Wildman–Crippen LogP) is 0.0205. The molecule has 2 fully saturated rings. The van der Waals surface area contributed by atoms with Crippen molar-refractivity contribution < 1.29 is 9.53 Å². The first-order chi connectivity index (χ1) is 6.54. The number of hydrogen-bond acceptors (Lipinski definition) is 3. The fraction of sp³-hybridized carbons (Fsp3) is 0.900. The minimum atomic E-state index is -0.773. The predicted molar refractivity (Wildman–Crippen MR) is 52.7 cm³/mol. The molecule has 2 rings (SSSR count). The fourth-order valence-corrected chi connectivity index (χ4v) is 1.62. The molecule has 14 heavy (non-hydrogen) atoms. The lowest BCUT2D eigenvalue weighted by atomic mass is 9.99. The third-order valence-corrected chi connectivity index (χ3v) is 3.28. The van der Waals surface area contributed by atoms with Gasteiger partial charge in [0, 0.05) is 13.2 Å². The summed E-state index contributed by atoms with van der Waals surface area (Å²) in [7, 11) is 0. The van der Waals surface area contributed by atoms with Crippen LogP contribution >= 0.6 is 0 Å². The maximum atomic E-state index is 11.7. The molecule has 1 atom stereocenters. The van der Waals surface area contributed by atoms with Crippen LogP contribution in [0.5, 0.6) is 0 Å². The summed E-state index contributed by atoms with van der Waals surface area (Å²) in [6, 6.07) is 0. The monoisotopic (exact) mass is 198 g/mol. The first-order valence-electron chi connectivity index (χ1n) is 5.19. The zero-order chi connectivity index (χ0) is 10.2. The summed E-state index contributed by atoms with van der Waals surface area (Å²) in [5.74, 6) is -0.0527. The van der Waals surface area contributed by atoms with E-state index >= 15 is 0 Å². The third-order valence-electron chi connectivity index (χ3n) is 3.28. The topological polar surface area (TPSA) is 64.4 Å². The van der Waals surface area contributed by atoms with Crippen LogP contribution in [0.1, 0.15) is 26.2 Å². The molecule has 2 aliphatic rings. The van der Waals surface area contributed by atoms with Gasteiger partial charge in [-0.2, -0.15) is 0 Å². The van der Waals surface area contributed by atoms with E-state index in [4.69, 9.17) is 10.5 Å². The Bertz CT molecular complexity index is 243. The van der Waals surface area contributed by atoms with Gasteiger partial charge in [-0.25, -0.2) is 0 Å². The van der Waals surface area contributed by atoms with Crippen molar-refractivity contribution in [1.82, 2.24) is 5.32 Å². The van der Waals surface area contributed by atoms with E-state index in [-0.39, 0.29) is 5.91 Å². The highest BCUT2D eigenvalue weighted by atomic mass is 16.5. The van der Waals surface area contributed by atoms with Gasteiger partial charge in [0.1, 0.15) is 5.54 Å². The van der Waals surface area contributed by atoms with Gasteiger partial charge in [0.15, 0.2) is 0 Å². The van der Waals surface area contributed by atoms with Gasteiger partial charge in [-0.15, -0.1) is 0 Å². The standard InChI is InChI=1S/C10H18N2O2/c1-9(2-3-9)6-12-8(13)10(11)4-5-14-7-10/h2-7,11H2,1H3,(H,12,13). The Balaban J connectivity index is 1.82. The van der Waals surface area contributed by atoms with Crippen molar-refractivity contribution in [2.24, 2.45) is 11.1 Å². The van der Waals surface area contributed by atoms with Crippen LogP contribution in [0, 0.1) is 5.41 Å². The van der Waals surface area contributed by atoms with Crippen LogP contribution in [-0.4, -0.2) is 31.2 Å². The van der Waals surface area contributed by atoms with Crippen molar-refractivity contribution in [1.29, 1.82) is 0 Å². The molecule has 1 amide bonds. The molecule has 0 radical (unpaired) electrons. The number of amides is 1. The third kappa shape index (κ3) is 1.91. The molecule has 4 heteroatoms. The number of hydrogen-bond donors (Lipinski definition) is 2.